The largest absolute Gasteiger partial charge is 0.497 e. The van der Waals surface area contributed by atoms with Crippen LogP contribution in [0, 0.1) is 0 Å². The second-order valence-corrected chi connectivity index (χ2v) is 7.63. The normalized spacial score (nSPS) is 12.4. The van der Waals surface area contributed by atoms with Crippen LogP contribution in [0.15, 0.2) is 85.1 Å². The molecule has 0 unspecified atom stereocenters. The van der Waals surface area contributed by atoms with Gasteiger partial charge in [-0.25, -0.2) is 0 Å². The summed E-state index contributed by atoms with van der Waals surface area (Å²) in [5, 5.41) is 1.32. The first-order chi connectivity index (χ1) is 14.2. The van der Waals surface area contributed by atoms with Crippen molar-refractivity contribution in [2.24, 2.45) is 0 Å². The van der Waals surface area contributed by atoms with E-state index < -0.39 is 0 Å². The van der Waals surface area contributed by atoms with Crippen molar-refractivity contribution in [3.8, 4) is 5.75 Å². The average molecular weight is 385 g/mol. The van der Waals surface area contributed by atoms with Crippen LogP contribution in [0.2, 0.25) is 0 Å². The summed E-state index contributed by atoms with van der Waals surface area (Å²) in [7, 11) is 3.90. The molecule has 0 aliphatic carbocycles. The number of fused-ring (bicyclic) bond motifs is 1. The van der Waals surface area contributed by atoms with Gasteiger partial charge in [0.05, 0.1) is 7.11 Å². The van der Waals surface area contributed by atoms with Crippen LogP contribution in [0.25, 0.3) is 10.9 Å². The van der Waals surface area contributed by atoms with Crippen molar-refractivity contribution in [3.05, 3.63) is 102 Å². The number of rotatable bonds is 8. The van der Waals surface area contributed by atoms with Gasteiger partial charge in [0.2, 0.25) is 0 Å². The van der Waals surface area contributed by atoms with Crippen molar-refractivity contribution in [1.82, 2.24) is 9.88 Å². The molecule has 0 saturated carbocycles. The van der Waals surface area contributed by atoms with Crippen molar-refractivity contribution in [2.75, 3.05) is 20.7 Å². The van der Waals surface area contributed by atoms with E-state index in [4.69, 9.17) is 4.74 Å². The first-order valence-electron chi connectivity index (χ1n) is 10.2. The lowest BCUT2D eigenvalue weighted by Crippen LogP contribution is -2.21. The van der Waals surface area contributed by atoms with E-state index in [1.54, 1.807) is 7.11 Å². The number of aromatic amines is 1. The Hall–Kier alpha value is -3.04. The Morgan fingerprint density at radius 2 is 1.62 bits per heavy atom. The molecule has 0 bridgehead atoms. The third-order valence-corrected chi connectivity index (χ3v) is 5.61. The molecule has 0 aliphatic heterocycles. The molecule has 4 rings (SSSR count). The Labute approximate surface area is 172 Å². The lowest BCUT2D eigenvalue weighted by atomic mass is 9.88. The molecule has 1 heterocycles. The van der Waals surface area contributed by atoms with Gasteiger partial charge in [0.1, 0.15) is 5.75 Å². The highest BCUT2D eigenvalue weighted by Gasteiger charge is 2.18. The van der Waals surface area contributed by atoms with Gasteiger partial charge in [-0.05, 0) is 54.9 Å². The molecule has 0 spiro atoms. The summed E-state index contributed by atoms with van der Waals surface area (Å²) in [6, 6.07) is 27.8. The van der Waals surface area contributed by atoms with Crippen LogP contribution < -0.4 is 4.74 Å². The third kappa shape index (κ3) is 4.52. The molecular formula is C26H28N2O. The summed E-state index contributed by atoms with van der Waals surface area (Å²) in [5.41, 5.74) is 5.26. The SMILES string of the molecule is COc1ccc(CN(C)CC[C@@H](c2ccccc2)c2c[nH]c3ccccc23)cc1. The third-order valence-electron chi connectivity index (χ3n) is 5.61. The minimum atomic E-state index is 0.366. The van der Waals surface area contributed by atoms with Crippen molar-refractivity contribution in [3.63, 3.8) is 0 Å². The van der Waals surface area contributed by atoms with Crippen LogP contribution in [-0.4, -0.2) is 30.6 Å². The number of nitrogens with one attached hydrogen (secondary N) is 1. The molecule has 0 saturated heterocycles. The van der Waals surface area contributed by atoms with Gasteiger partial charge in [0, 0.05) is 29.6 Å². The molecule has 1 atom stereocenters. The molecule has 3 aromatic carbocycles. The molecule has 1 N–H and O–H groups in total. The fraction of sp³-hybridized carbons (Fsp3) is 0.231. The number of benzene rings is 3. The number of hydrogen-bond acceptors (Lipinski definition) is 2. The van der Waals surface area contributed by atoms with Gasteiger partial charge in [0.15, 0.2) is 0 Å². The lowest BCUT2D eigenvalue weighted by Gasteiger charge is -2.22. The maximum Gasteiger partial charge on any atom is 0.118 e. The second-order valence-electron chi connectivity index (χ2n) is 7.63. The van der Waals surface area contributed by atoms with Crippen LogP contribution in [0.4, 0.5) is 0 Å². The summed E-state index contributed by atoms with van der Waals surface area (Å²) >= 11 is 0. The van der Waals surface area contributed by atoms with Crippen molar-refractivity contribution < 1.29 is 4.74 Å². The number of H-pyrrole nitrogens is 1. The van der Waals surface area contributed by atoms with Crippen LogP contribution in [-0.2, 0) is 6.54 Å². The number of hydrogen-bond donors (Lipinski definition) is 1. The Kier molecular flexibility index (Phi) is 5.97. The highest BCUT2D eigenvalue weighted by atomic mass is 16.5. The number of aromatic nitrogens is 1. The van der Waals surface area contributed by atoms with E-state index in [-0.39, 0.29) is 0 Å². The minimum absolute atomic E-state index is 0.366. The number of ether oxygens (including phenoxy) is 1. The molecule has 3 heteroatoms. The molecule has 0 aliphatic rings. The summed E-state index contributed by atoms with van der Waals surface area (Å²) in [4.78, 5) is 5.85. The Morgan fingerprint density at radius 1 is 0.897 bits per heavy atom. The fourth-order valence-electron chi connectivity index (χ4n) is 4.04. The summed E-state index contributed by atoms with van der Waals surface area (Å²) in [6.07, 6.45) is 3.25. The number of para-hydroxylation sites is 1. The monoisotopic (exact) mass is 384 g/mol. The zero-order valence-corrected chi connectivity index (χ0v) is 17.1. The highest BCUT2D eigenvalue weighted by Crippen LogP contribution is 2.33. The van der Waals surface area contributed by atoms with Crippen LogP contribution in [0.5, 0.6) is 5.75 Å². The van der Waals surface area contributed by atoms with Gasteiger partial charge in [-0.15, -0.1) is 0 Å². The Bertz CT molecular complexity index is 1040. The molecule has 0 amide bonds. The first kappa shape index (κ1) is 19.3. The van der Waals surface area contributed by atoms with Gasteiger partial charge < -0.3 is 14.6 Å². The molecule has 0 fully saturated rings. The van der Waals surface area contributed by atoms with Crippen LogP contribution >= 0.6 is 0 Å². The average Bonchev–Trinajstić information content (AvgIpc) is 3.19. The summed E-state index contributed by atoms with van der Waals surface area (Å²) in [5.74, 6) is 1.27. The predicted molar refractivity (Wildman–Crippen MR) is 121 cm³/mol. The molecule has 4 aromatic rings. The number of methoxy groups -OCH3 is 1. The summed E-state index contributed by atoms with van der Waals surface area (Å²) in [6.45, 7) is 1.95. The van der Waals surface area contributed by atoms with Crippen molar-refractivity contribution in [1.29, 1.82) is 0 Å². The molecule has 29 heavy (non-hydrogen) atoms. The van der Waals surface area contributed by atoms with E-state index in [9.17, 15) is 0 Å². The van der Waals surface area contributed by atoms with E-state index in [0.29, 0.717) is 5.92 Å². The molecule has 3 nitrogen and oxygen atoms in total. The van der Waals surface area contributed by atoms with Gasteiger partial charge in [-0.1, -0.05) is 60.7 Å². The van der Waals surface area contributed by atoms with Crippen molar-refractivity contribution in [2.45, 2.75) is 18.9 Å². The molecule has 1 aromatic heterocycles. The first-order valence-corrected chi connectivity index (χ1v) is 10.2. The quantitative estimate of drug-likeness (QED) is 0.414. The Balaban J connectivity index is 1.51. The Morgan fingerprint density at radius 3 is 2.38 bits per heavy atom. The van der Waals surface area contributed by atoms with E-state index in [0.717, 1.165) is 25.3 Å². The highest BCUT2D eigenvalue weighted by molar-refractivity contribution is 5.84. The van der Waals surface area contributed by atoms with Crippen LogP contribution in [0.1, 0.15) is 29.0 Å². The van der Waals surface area contributed by atoms with Gasteiger partial charge in [-0.2, -0.15) is 0 Å². The zero-order valence-electron chi connectivity index (χ0n) is 17.1. The molecule has 0 radical (unpaired) electrons. The van der Waals surface area contributed by atoms with Crippen molar-refractivity contribution >= 4 is 10.9 Å². The van der Waals surface area contributed by atoms with Gasteiger partial charge in [-0.3, -0.25) is 0 Å². The molecule has 148 valence electrons. The summed E-state index contributed by atoms with van der Waals surface area (Å²) < 4.78 is 5.26. The van der Waals surface area contributed by atoms with E-state index in [2.05, 4.69) is 89.9 Å². The zero-order chi connectivity index (χ0) is 20.1. The minimum Gasteiger partial charge on any atom is -0.497 e. The van der Waals surface area contributed by atoms with Gasteiger partial charge >= 0.3 is 0 Å². The standard InChI is InChI=1S/C26H28N2O/c1-28(19-20-12-14-22(29-2)15-13-20)17-16-23(21-8-4-3-5-9-21)25-18-27-26-11-7-6-10-24(25)26/h3-15,18,23,27H,16-17,19H2,1-2H3/t23-/m0/s1. The smallest absolute Gasteiger partial charge is 0.118 e. The van der Waals surface area contributed by atoms with Crippen LogP contribution in [0.3, 0.4) is 0 Å². The second kappa shape index (κ2) is 8.97. The lowest BCUT2D eigenvalue weighted by molar-refractivity contribution is 0.316. The maximum absolute atomic E-state index is 5.26. The maximum atomic E-state index is 5.26. The molecular weight excluding hydrogens is 356 g/mol. The fourth-order valence-corrected chi connectivity index (χ4v) is 4.04. The van der Waals surface area contributed by atoms with Gasteiger partial charge in [0.25, 0.3) is 0 Å². The topological polar surface area (TPSA) is 28.3 Å². The number of nitrogens with zero attached hydrogens (tertiary/aromatic N) is 1. The van der Waals surface area contributed by atoms with E-state index in [1.165, 1.54) is 27.6 Å². The van der Waals surface area contributed by atoms with E-state index in [1.807, 2.05) is 12.1 Å². The van der Waals surface area contributed by atoms with E-state index >= 15 is 0 Å². The predicted octanol–water partition coefficient (Wildman–Crippen LogP) is 5.83.